The highest BCUT2D eigenvalue weighted by molar-refractivity contribution is 5.85. The first-order chi connectivity index (χ1) is 11.3. The number of benzene rings is 2. The Balaban J connectivity index is 0.00000208. The van der Waals surface area contributed by atoms with Crippen molar-refractivity contribution in [3.63, 3.8) is 0 Å². The van der Waals surface area contributed by atoms with E-state index >= 15 is 0 Å². The number of nitrogens with zero attached hydrogens (tertiary/aromatic N) is 1. The van der Waals surface area contributed by atoms with Crippen LogP contribution >= 0.6 is 12.4 Å². The Kier molecular flexibility index (Phi) is 7.10. The first-order valence-electron chi connectivity index (χ1n) is 8.38. The van der Waals surface area contributed by atoms with E-state index in [1.165, 1.54) is 11.3 Å². The van der Waals surface area contributed by atoms with Crippen molar-refractivity contribution in [3.8, 4) is 0 Å². The van der Waals surface area contributed by atoms with Crippen LogP contribution in [-0.4, -0.2) is 37.2 Å². The number of hydrogen-bond donors (Lipinski definition) is 1. The highest BCUT2D eigenvalue weighted by Gasteiger charge is 2.34. The van der Waals surface area contributed by atoms with E-state index in [1.54, 1.807) is 7.11 Å². The fourth-order valence-electron chi connectivity index (χ4n) is 3.39. The van der Waals surface area contributed by atoms with Gasteiger partial charge in [-0.15, -0.1) is 12.4 Å². The van der Waals surface area contributed by atoms with Crippen molar-refractivity contribution in [2.45, 2.75) is 24.9 Å². The normalized spacial score (nSPS) is 17.0. The monoisotopic (exact) mass is 346 g/mol. The Bertz CT molecular complexity index is 583. The molecule has 0 bridgehead atoms. The molecule has 0 unspecified atom stereocenters. The second-order valence-electron chi connectivity index (χ2n) is 6.47. The molecule has 0 saturated carbocycles. The van der Waals surface area contributed by atoms with Crippen molar-refractivity contribution in [1.29, 1.82) is 0 Å². The molecule has 1 aliphatic rings. The third-order valence-electron chi connectivity index (χ3n) is 4.67. The first-order valence-corrected chi connectivity index (χ1v) is 8.38. The number of halogens is 1. The molecule has 2 aromatic rings. The maximum absolute atomic E-state index is 5.53. The summed E-state index contributed by atoms with van der Waals surface area (Å²) in [5.41, 5.74) is 2.62. The van der Waals surface area contributed by atoms with Crippen LogP contribution in [0.2, 0.25) is 0 Å². The van der Waals surface area contributed by atoms with Crippen molar-refractivity contribution < 1.29 is 4.74 Å². The molecule has 1 saturated heterocycles. The molecule has 1 N–H and O–H groups in total. The van der Waals surface area contributed by atoms with Gasteiger partial charge in [0, 0.05) is 32.4 Å². The quantitative estimate of drug-likeness (QED) is 0.848. The molecule has 0 spiro atoms. The van der Waals surface area contributed by atoms with Crippen LogP contribution in [0.4, 0.5) is 5.69 Å². The third-order valence-corrected chi connectivity index (χ3v) is 4.67. The number of para-hydroxylation sites is 1. The van der Waals surface area contributed by atoms with Crippen LogP contribution in [0.15, 0.2) is 60.7 Å². The van der Waals surface area contributed by atoms with Gasteiger partial charge >= 0.3 is 0 Å². The zero-order valence-electron chi connectivity index (χ0n) is 14.3. The van der Waals surface area contributed by atoms with Gasteiger partial charge in [0.25, 0.3) is 0 Å². The Morgan fingerprint density at radius 1 is 0.958 bits per heavy atom. The Morgan fingerprint density at radius 3 is 2.12 bits per heavy atom. The summed E-state index contributed by atoms with van der Waals surface area (Å²) in [7, 11) is 1.80. The summed E-state index contributed by atoms with van der Waals surface area (Å²) in [5, 5.41) is 3.73. The summed E-state index contributed by atoms with van der Waals surface area (Å²) in [6, 6.07) is 21.2. The van der Waals surface area contributed by atoms with Gasteiger partial charge in [0.2, 0.25) is 0 Å². The van der Waals surface area contributed by atoms with Crippen molar-refractivity contribution in [1.82, 2.24) is 4.90 Å². The lowest BCUT2D eigenvalue weighted by molar-refractivity contribution is 0.0860. The van der Waals surface area contributed by atoms with Crippen LogP contribution in [0.25, 0.3) is 0 Å². The Hall–Kier alpha value is -1.55. The maximum atomic E-state index is 5.53. The van der Waals surface area contributed by atoms with Gasteiger partial charge in [-0.1, -0.05) is 48.5 Å². The molecule has 2 aromatic carbocycles. The second-order valence-corrected chi connectivity index (χ2v) is 6.47. The molecule has 0 aromatic heterocycles. The summed E-state index contributed by atoms with van der Waals surface area (Å²) < 4.78 is 5.53. The molecule has 24 heavy (non-hydrogen) atoms. The van der Waals surface area contributed by atoms with Crippen LogP contribution in [-0.2, 0) is 11.3 Å². The molecule has 0 aliphatic carbocycles. The van der Waals surface area contributed by atoms with E-state index in [0.29, 0.717) is 0 Å². The second kappa shape index (κ2) is 9.07. The number of likely N-dealkylation sites (tertiary alicyclic amines) is 1. The number of piperidine rings is 1. The lowest BCUT2D eigenvalue weighted by Gasteiger charge is -2.42. The molecule has 0 amide bonds. The van der Waals surface area contributed by atoms with Gasteiger partial charge < -0.3 is 10.1 Å². The Morgan fingerprint density at radius 2 is 1.54 bits per heavy atom. The fourth-order valence-corrected chi connectivity index (χ4v) is 3.39. The van der Waals surface area contributed by atoms with Gasteiger partial charge in [-0.25, -0.2) is 0 Å². The minimum Gasteiger partial charge on any atom is -0.382 e. The van der Waals surface area contributed by atoms with Gasteiger partial charge in [-0.05, 0) is 30.5 Å². The third kappa shape index (κ3) is 4.97. The number of rotatable bonds is 6. The number of nitrogens with one attached hydrogen (secondary N) is 1. The molecule has 3 rings (SSSR count). The van der Waals surface area contributed by atoms with E-state index in [9.17, 15) is 0 Å². The summed E-state index contributed by atoms with van der Waals surface area (Å²) in [4.78, 5) is 2.54. The average Bonchev–Trinajstić information content (AvgIpc) is 2.59. The lowest BCUT2D eigenvalue weighted by Crippen LogP contribution is -2.51. The van der Waals surface area contributed by atoms with E-state index in [1.807, 2.05) is 0 Å². The van der Waals surface area contributed by atoms with Crippen LogP contribution in [0.3, 0.4) is 0 Å². The van der Waals surface area contributed by atoms with Gasteiger partial charge in [0.05, 0.1) is 12.1 Å². The van der Waals surface area contributed by atoms with E-state index in [0.717, 1.165) is 39.1 Å². The molecule has 1 heterocycles. The molecule has 4 heteroatoms. The predicted molar refractivity (Wildman–Crippen MR) is 103 cm³/mol. The van der Waals surface area contributed by atoms with E-state index in [2.05, 4.69) is 70.9 Å². The number of ether oxygens (including phenoxy) is 1. The Labute approximate surface area is 151 Å². The molecule has 3 nitrogen and oxygen atoms in total. The average molecular weight is 347 g/mol. The SMILES string of the molecule is COCC1(Nc2ccccc2)CCN(Cc2ccccc2)CC1.Cl. The largest absolute Gasteiger partial charge is 0.382 e. The van der Waals surface area contributed by atoms with Gasteiger partial charge in [0.1, 0.15) is 0 Å². The van der Waals surface area contributed by atoms with Gasteiger partial charge in [-0.3, -0.25) is 4.90 Å². The zero-order chi connectivity index (χ0) is 16.0. The molecule has 0 atom stereocenters. The smallest absolute Gasteiger partial charge is 0.0693 e. The lowest BCUT2D eigenvalue weighted by atomic mass is 9.87. The van der Waals surface area contributed by atoms with Crippen LogP contribution in [0, 0.1) is 0 Å². The minimum atomic E-state index is 0. The summed E-state index contributed by atoms with van der Waals surface area (Å²) in [6.45, 7) is 3.98. The van der Waals surface area contributed by atoms with Gasteiger partial charge in [0.15, 0.2) is 0 Å². The zero-order valence-corrected chi connectivity index (χ0v) is 15.1. The van der Waals surface area contributed by atoms with Crippen LogP contribution in [0.1, 0.15) is 18.4 Å². The highest BCUT2D eigenvalue weighted by atomic mass is 35.5. The maximum Gasteiger partial charge on any atom is 0.0693 e. The molecular formula is C20H27ClN2O. The van der Waals surface area contributed by atoms with Crippen LogP contribution in [0.5, 0.6) is 0 Å². The number of anilines is 1. The summed E-state index contributed by atoms with van der Waals surface area (Å²) >= 11 is 0. The van der Waals surface area contributed by atoms with E-state index in [4.69, 9.17) is 4.74 Å². The van der Waals surface area contributed by atoms with Crippen molar-refractivity contribution >= 4 is 18.1 Å². The number of hydrogen-bond acceptors (Lipinski definition) is 3. The molecule has 1 aliphatic heterocycles. The van der Waals surface area contributed by atoms with Crippen molar-refractivity contribution in [2.24, 2.45) is 0 Å². The predicted octanol–water partition coefficient (Wildman–Crippen LogP) is 4.20. The molecular weight excluding hydrogens is 320 g/mol. The summed E-state index contributed by atoms with van der Waals surface area (Å²) in [6.07, 6.45) is 2.20. The van der Waals surface area contributed by atoms with E-state index in [-0.39, 0.29) is 17.9 Å². The number of methoxy groups -OCH3 is 1. The highest BCUT2D eigenvalue weighted by Crippen LogP contribution is 2.28. The van der Waals surface area contributed by atoms with Crippen molar-refractivity contribution in [2.75, 3.05) is 32.1 Å². The first kappa shape index (κ1) is 18.8. The molecule has 130 valence electrons. The van der Waals surface area contributed by atoms with Gasteiger partial charge in [-0.2, -0.15) is 0 Å². The van der Waals surface area contributed by atoms with Crippen molar-refractivity contribution in [3.05, 3.63) is 66.2 Å². The molecule has 0 radical (unpaired) electrons. The summed E-state index contributed by atoms with van der Waals surface area (Å²) in [5.74, 6) is 0. The fraction of sp³-hybridized carbons (Fsp3) is 0.400. The molecule has 1 fully saturated rings. The van der Waals surface area contributed by atoms with E-state index < -0.39 is 0 Å². The minimum absolute atomic E-state index is 0. The standard InChI is InChI=1S/C20H26N2O.ClH/c1-23-17-20(21-19-10-6-3-7-11-19)12-14-22(15-13-20)16-18-8-4-2-5-9-18;/h2-11,21H,12-17H2,1H3;1H. The topological polar surface area (TPSA) is 24.5 Å². The van der Waals surface area contributed by atoms with Crippen LogP contribution < -0.4 is 5.32 Å².